The first-order valence-electron chi connectivity index (χ1n) is 13.2. The lowest BCUT2D eigenvalue weighted by molar-refractivity contribution is -0.145. The van der Waals surface area contributed by atoms with E-state index in [1.165, 1.54) is 13.0 Å². The highest BCUT2D eigenvalue weighted by Gasteiger charge is 2.35. The Hall–Kier alpha value is -4.27. The fourth-order valence-corrected chi connectivity index (χ4v) is 4.22. The maximum Gasteiger partial charge on any atom is 0.328 e. The van der Waals surface area contributed by atoms with Crippen LogP contribution in [-0.2, 0) is 38.3 Å². The second kappa shape index (κ2) is 14.9. The number of hydrogen-bond acceptors (Lipinski definition) is 9. The van der Waals surface area contributed by atoms with E-state index in [1.807, 2.05) is 0 Å². The number of primary amides is 1. The minimum atomic E-state index is -1.47. The van der Waals surface area contributed by atoms with E-state index >= 15 is 0 Å². The third kappa shape index (κ3) is 9.41. The molecular weight excluding hydrogens is 538 g/mol. The molecule has 15 nitrogen and oxygen atoms in total. The summed E-state index contributed by atoms with van der Waals surface area (Å²) in [5.41, 5.74) is 11.3. The molecule has 0 unspecified atom stereocenters. The molecule has 2 aliphatic rings. The molecule has 0 aromatic heterocycles. The summed E-state index contributed by atoms with van der Waals surface area (Å²) in [6.45, 7) is 4.73. The summed E-state index contributed by atoms with van der Waals surface area (Å²) in [4.78, 5) is 89.5. The summed E-state index contributed by atoms with van der Waals surface area (Å²) in [5, 5.41) is 12.6. The number of nitrogens with two attached hydrogens (primary N) is 2. The number of hydrogen-bond donors (Lipinski definition) is 7. The predicted octanol–water partition coefficient (Wildman–Crippen LogP) is -3.00. The minimum absolute atomic E-state index is 0.0712. The molecule has 0 aromatic carbocycles. The molecule has 2 aliphatic heterocycles. The normalized spacial score (nSPS) is 33.8. The Morgan fingerprint density at radius 1 is 0.805 bits per heavy atom. The fraction of sp³-hybridized carbons (Fsp3) is 0.577. The molecule has 0 saturated heterocycles. The van der Waals surface area contributed by atoms with Crippen LogP contribution in [0, 0.1) is 11.8 Å². The van der Waals surface area contributed by atoms with Crippen molar-refractivity contribution in [1.82, 2.24) is 26.6 Å². The van der Waals surface area contributed by atoms with Crippen molar-refractivity contribution in [3.8, 4) is 0 Å². The summed E-state index contributed by atoms with van der Waals surface area (Å²) < 4.78 is 4.76. The fourth-order valence-electron chi connectivity index (χ4n) is 4.22. The molecule has 2 bridgehead atoms. The van der Waals surface area contributed by atoms with E-state index in [0.717, 1.165) is 7.11 Å². The van der Waals surface area contributed by atoms with Gasteiger partial charge in [-0.25, -0.2) is 4.79 Å². The first-order chi connectivity index (χ1) is 19.2. The number of methoxy groups -OCH3 is 1. The summed E-state index contributed by atoms with van der Waals surface area (Å²) in [5.74, 6) is -6.54. The second-order valence-corrected chi connectivity index (χ2v) is 10.2. The Balaban J connectivity index is 2.60. The van der Waals surface area contributed by atoms with Crippen molar-refractivity contribution in [1.29, 1.82) is 0 Å². The number of rotatable bonds is 3. The van der Waals surface area contributed by atoms with Gasteiger partial charge in [-0.05, 0) is 25.7 Å². The highest BCUT2D eigenvalue weighted by Crippen LogP contribution is 2.12. The van der Waals surface area contributed by atoms with Crippen molar-refractivity contribution in [3.05, 3.63) is 24.3 Å². The van der Waals surface area contributed by atoms with Crippen molar-refractivity contribution in [2.75, 3.05) is 7.11 Å². The molecule has 0 aromatic rings. The highest BCUT2D eigenvalue weighted by atomic mass is 16.5. The Morgan fingerprint density at radius 3 is 2.07 bits per heavy atom. The van der Waals surface area contributed by atoms with Crippen molar-refractivity contribution < 1.29 is 38.3 Å². The number of nitrogens with one attached hydrogen (secondary N) is 5. The molecule has 0 spiro atoms. The molecule has 6 amide bonds. The Morgan fingerprint density at radius 2 is 1.44 bits per heavy atom. The van der Waals surface area contributed by atoms with Crippen LogP contribution >= 0.6 is 0 Å². The monoisotopic (exact) mass is 577 g/mol. The van der Waals surface area contributed by atoms with Crippen LogP contribution in [0.3, 0.4) is 0 Å². The predicted molar refractivity (Wildman–Crippen MR) is 145 cm³/mol. The molecule has 0 saturated carbocycles. The number of carbonyl (C=O) groups excluding carboxylic acids is 7. The molecule has 226 valence electrons. The van der Waals surface area contributed by atoms with E-state index in [1.54, 1.807) is 32.1 Å². The van der Waals surface area contributed by atoms with Crippen LogP contribution in [0.15, 0.2) is 24.3 Å². The van der Waals surface area contributed by atoms with Crippen LogP contribution in [0.5, 0.6) is 0 Å². The lowest BCUT2D eigenvalue weighted by atomic mass is 9.96. The van der Waals surface area contributed by atoms with E-state index in [9.17, 15) is 33.6 Å². The highest BCUT2D eigenvalue weighted by molar-refractivity contribution is 5.97. The summed E-state index contributed by atoms with van der Waals surface area (Å²) >= 11 is 0. The van der Waals surface area contributed by atoms with Gasteiger partial charge in [0.15, 0.2) is 0 Å². The first-order valence-corrected chi connectivity index (χ1v) is 13.2. The van der Waals surface area contributed by atoms with Gasteiger partial charge in [-0.15, -0.1) is 0 Å². The average Bonchev–Trinajstić information content (AvgIpc) is 2.91. The lowest BCUT2D eigenvalue weighted by Gasteiger charge is -2.29. The van der Waals surface area contributed by atoms with E-state index in [4.69, 9.17) is 16.2 Å². The molecule has 2 rings (SSSR count). The smallest absolute Gasteiger partial charge is 0.328 e. The number of fused-ring (bicyclic) bond motifs is 3. The van der Waals surface area contributed by atoms with Gasteiger partial charge in [0.2, 0.25) is 35.4 Å². The molecular formula is C26H39N7O8. The third-order valence-corrected chi connectivity index (χ3v) is 6.82. The molecule has 8 atom stereocenters. The largest absolute Gasteiger partial charge is 0.467 e. The van der Waals surface area contributed by atoms with E-state index in [2.05, 4.69) is 26.6 Å². The van der Waals surface area contributed by atoms with Gasteiger partial charge >= 0.3 is 5.97 Å². The number of carbonyl (C=O) groups is 7. The van der Waals surface area contributed by atoms with Crippen molar-refractivity contribution >= 4 is 41.4 Å². The van der Waals surface area contributed by atoms with Gasteiger partial charge in [0.25, 0.3) is 0 Å². The van der Waals surface area contributed by atoms with Crippen LogP contribution in [0.25, 0.3) is 0 Å². The van der Waals surface area contributed by atoms with Gasteiger partial charge in [0.1, 0.15) is 30.2 Å². The Labute approximate surface area is 237 Å². The quantitative estimate of drug-likeness (QED) is 0.133. The van der Waals surface area contributed by atoms with Crippen molar-refractivity contribution in [2.24, 2.45) is 23.3 Å². The van der Waals surface area contributed by atoms with Crippen molar-refractivity contribution in [3.63, 3.8) is 0 Å². The van der Waals surface area contributed by atoms with E-state index in [0.29, 0.717) is 0 Å². The van der Waals surface area contributed by atoms with Gasteiger partial charge < -0.3 is 42.8 Å². The van der Waals surface area contributed by atoms with Gasteiger partial charge in [0.05, 0.1) is 19.6 Å². The van der Waals surface area contributed by atoms with Gasteiger partial charge in [-0.3, -0.25) is 28.8 Å². The van der Waals surface area contributed by atoms with Crippen LogP contribution in [-0.4, -0.2) is 84.8 Å². The van der Waals surface area contributed by atoms with Crippen LogP contribution in [0.1, 0.15) is 40.0 Å². The molecule has 0 fully saturated rings. The third-order valence-electron chi connectivity index (χ3n) is 6.82. The van der Waals surface area contributed by atoms with Crippen LogP contribution in [0.4, 0.5) is 0 Å². The van der Waals surface area contributed by atoms with Crippen LogP contribution in [0.2, 0.25) is 0 Å². The van der Waals surface area contributed by atoms with Gasteiger partial charge in [-0.1, -0.05) is 38.2 Å². The average molecular weight is 578 g/mol. The van der Waals surface area contributed by atoms with E-state index < -0.39 is 95.9 Å². The van der Waals surface area contributed by atoms with Gasteiger partial charge in [-0.2, -0.15) is 0 Å². The molecule has 0 aliphatic carbocycles. The number of amides is 6. The SMILES string of the molecule is COC(=O)[C@@H]1C/C=C\[C@@H](C)[C@H]2NC(=O)[C@H](C)NC(=O)[C@H](N)[C@@H](C)/C=C\C[C@H](NC2=O)C(=O)N[C@@H](CC(N)=O)C(=O)N1. The molecule has 41 heavy (non-hydrogen) atoms. The number of esters is 1. The van der Waals surface area contributed by atoms with Crippen molar-refractivity contribution in [2.45, 2.75) is 76.3 Å². The number of ether oxygens (including phenoxy) is 1. The molecule has 15 heteroatoms. The molecule has 0 radical (unpaired) electrons. The van der Waals surface area contributed by atoms with Crippen LogP contribution < -0.4 is 38.1 Å². The molecule has 9 N–H and O–H groups in total. The Kier molecular flexibility index (Phi) is 12.0. The zero-order chi connectivity index (χ0) is 30.9. The minimum Gasteiger partial charge on any atom is -0.467 e. The van der Waals surface area contributed by atoms with Gasteiger partial charge in [0, 0.05) is 5.92 Å². The summed E-state index contributed by atoms with van der Waals surface area (Å²) in [6.07, 6.45) is 5.46. The zero-order valence-electron chi connectivity index (χ0n) is 23.5. The topological polar surface area (TPSA) is 241 Å². The lowest BCUT2D eigenvalue weighted by Crippen LogP contribution is -2.60. The molecule has 2 heterocycles. The summed E-state index contributed by atoms with van der Waals surface area (Å²) in [6, 6.07) is -7.19. The Bertz CT molecular complexity index is 1110. The standard InChI is InChI=1S/C26H39N7O8/c1-12-7-5-9-15-22(36)32-17(11-18(27)34)23(37)31-16(26(40)41-4)10-6-8-13(2)20(25(39)30-15)33-21(35)14(3)29-24(38)19(12)28/h5-8,12-17,19-20H,9-11,28H2,1-4H3,(H2,27,34)(H,29,38)(H,30,39)(H,31,37)(H,32,36)(H,33,35)/b7-5-,8-6-/t12-,13+,14-,15-,16-,17-,19+,20+/m0/s1. The maximum absolute atomic E-state index is 13.5. The van der Waals surface area contributed by atoms with E-state index in [-0.39, 0.29) is 12.8 Å². The summed E-state index contributed by atoms with van der Waals surface area (Å²) in [7, 11) is 1.13. The second-order valence-electron chi connectivity index (χ2n) is 10.2. The maximum atomic E-state index is 13.5. The first kappa shape index (κ1) is 32.9. The zero-order valence-corrected chi connectivity index (χ0v) is 23.5.